The van der Waals surface area contributed by atoms with E-state index in [2.05, 4.69) is 13.5 Å². The van der Waals surface area contributed by atoms with Crippen molar-refractivity contribution in [2.45, 2.75) is 44.6 Å². The van der Waals surface area contributed by atoms with Gasteiger partial charge in [0, 0.05) is 6.08 Å². The van der Waals surface area contributed by atoms with Crippen LogP contribution in [0, 0.1) is 0 Å². The van der Waals surface area contributed by atoms with Crippen molar-refractivity contribution in [1.82, 2.24) is 0 Å². The Morgan fingerprint density at radius 2 is 2.06 bits per heavy atom. The highest BCUT2D eigenvalue weighted by atomic mass is 16.6. The lowest BCUT2D eigenvalue weighted by atomic mass is 10.1. The summed E-state index contributed by atoms with van der Waals surface area (Å²) in [5.74, 6) is -1.62. The molecule has 1 N–H and O–H groups in total. The predicted molar refractivity (Wildman–Crippen MR) is 63.5 cm³/mol. The topological polar surface area (TPSA) is 63.6 Å². The van der Waals surface area contributed by atoms with Crippen molar-refractivity contribution >= 4 is 11.9 Å². The number of hydrogen-bond donors (Lipinski definition) is 1. The molecule has 17 heavy (non-hydrogen) atoms. The Labute approximate surface area is 101 Å². The lowest BCUT2D eigenvalue weighted by Crippen LogP contribution is -2.20. The Morgan fingerprint density at radius 3 is 2.53 bits per heavy atom. The fourth-order valence-electron chi connectivity index (χ4n) is 1.54. The largest absolute Gasteiger partial charge is 0.478 e. The van der Waals surface area contributed by atoms with E-state index in [4.69, 9.17) is 9.84 Å². The number of unbranched alkanes of at least 4 members (excludes halogenated alkanes) is 1. The summed E-state index contributed by atoms with van der Waals surface area (Å²) in [6.07, 6.45) is 6.83. The van der Waals surface area contributed by atoms with Crippen molar-refractivity contribution in [1.29, 1.82) is 0 Å². The molecule has 1 rings (SSSR count). The average molecular weight is 238 g/mol. The second kappa shape index (κ2) is 5.66. The van der Waals surface area contributed by atoms with E-state index in [0.717, 1.165) is 38.2 Å². The van der Waals surface area contributed by atoms with Crippen LogP contribution in [0.15, 0.2) is 24.3 Å². The van der Waals surface area contributed by atoms with Crippen molar-refractivity contribution in [3.63, 3.8) is 0 Å². The summed E-state index contributed by atoms with van der Waals surface area (Å²) in [6.45, 7) is 5.58. The van der Waals surface area contributed by atoms with Gasteiger partial charge < -0.3 is 9.84 Å². The zero-order valence-electron chi connectivity index (χ0n) is 10.1. The first-order chi connectivity index (χ1) is 7.99. The molecule has 0 unspecified atom stereocenters. The van der Waals surface area contributed by atoms with Gasteiger partial charge in [-0.05, 0) is 31.8 Å². The molecule has 0 aliphatic heterocycles. The first-order valence-corrected chi connectivity index (χ1v) is 5.82. The molecule has 4 nitrogen and oxygen atoms in total. The number of carbonyl (C=O) groups excluding carboxylic acids is 1. The molecular weight excluding hydrogens is 220 g/mol. The molecule has 0 heterocycles. The number of hydrogen-bond acceptors (Lipinski definition) is 3. The summed E-state index contributed by atoms with van der Waals surface area (Å²) in [6, 6.07) is 0. The van der Waals surface area contributed by atoms with Gasteiger partial charge in [-0.1, -0.05) is 19.9 Å². The Morgan fingerprint density at radius 1 is 1.41 bits per heavy atom. The van der Waals surface area contributed by atoms with Crippen LogP contribution < -0.4 is 0 Å². The van der Waals surface area contributed by atoms with Crippen LogP contribution in [-0.4, -0.2) is 22.6 Å². The van der Waals surface area contributed by atoms with Gasteiger partial charge in [0.25, 0.3) is 0 Å². The van der Waals surface area contributed by atoms with Crippen LogP contribution in [0.25, 0.3) is 0 Å². The van der Waals surface area contributed by atoms with Crippen LogP contribution in [-0.2, 0) is 14.3 Å². The molecule has 0 aromatic rings. The number of carbonyl (C=O) groups is 2. The maximum Gasteiger partial charge on any atom is 0.338 e. The van der Waals surface area contributed by atoms with E-state index in [9.17, 15) is 9.59 Å². The third-order valence-corrected chi connectivity index (χ3v) is 2.79. The maximum absolute atomic E-state index is 11.6. The van der Waals surface area contributed by atoms with Crippen LogP contribution in [0.4, 0.5) is 0 Å². The molecule has 1 aliphatic carbocycles. The van der Waals surface area contributed by atoms with Gasteiger partial charge in [0.15, 0.2) is 0 Å². The van der Waals surface area contributed by atoms with Crippen molar-refractivity contribution < 1.29 is 19.4 Å². The van der Waals surface area contributed by atoms with Crippen LogP contribution in [0.5, 0.6) is 0 Å². The number of carboxylic acid groups (broad SMARTS) is 1. The fraction of sp³-hybridized carbons (Fsp3) is 0.538. The molecule has 1 saturated carbocycles. The Kier molecular flexibility index (Phi) is 4.49. The van der Waals surface area contributed by atoms with E-state index in [0.29, 0.717) is 0 Å². The summed E-state index contributed by atoms with van der Waals surface area (Å²) >= 11 is 0. The van der Waals surface area contributed by atoms with E-state index < -0.39 is 11.9 Å². The number of aliphatic carboxylic acids is 1. The summed E-state index contributed by atoms with van der Waals surface area (Å²) in [5, 5.41) is 8.43. The third-order valence-electron chi connectivity index (χ3n) is 2.79. The van der Waals surface area contributed by atoms with Crippen molar-refractivity contribution in [3.8, 4) is 0 Å². The molecule has 1 aliphatic rings. The molecule has 0 radical (unpaired) electrons. The molecule has 94 valence electrons. The number of carboxylic acids is 1. The van der Waals surface area contributed by atoms with Crippen molar-refractivity contribution in [2.75, 3.05) is 0 Å². The second-order valence-corrected chi connectivity index (χ2v) is 4.37. The fourth-order valence-corrected chi connectivity index (χ4v) is 1.54. The van der Waals surface area contributed by atoms with Crippen LogP contribution >= 0.6 is 0 Å². The molecule has 0 bridgehead atoms. The molecule has 0 aromatic carbocycles. The van der Waals surface area contributed by atoms with E-state index in [-0.39, 0.29) is 11.2 Å². The van der Waals surface area contributed by atoms with Crippen LogP contribution in [0.3, 0.4) is 0 Å². The van der Waals surface area contributed by atoms with Gasteiger partial charge in [-0.15, -0.1) is 0 Å². The van der Waals surface area contributed by atoms with Gasteiger partial charge in [0.05, 0.1) is 5.57 Å². The lowest BCUT2D eigenvalue weighted by Gasteiger charge is -2.16. The third kappa shape index (κ3) is 4.43. The molecule has 0 aromatic heterocycles. The highest BCUT2D eigenvalue weighted by Gasteiger charge is 2.46. The van der Waals surface area contributed by atoms with E-state index >= 15 is 0 Å². The Hall–Kier alpha value is -1.58. The lowest BCUT2D eigenvalue weighted by molar-refractivity contribution is -0.146. The minimum absolute atomic E-state index is 0.0789. The monoisotopic (exact) mass is 238 g/mol. The molecule has 1 fully saturated rings. The molecule has 4 heteroatoms. The first kappa shape index (κ1) is 13.5. The number of ether oxygens (including phenoxy) is 1. The SMILES string of the molecule is C=C(C=CC(=O)O)C(=O)OC1(CCCC)CC1. The smallest absolute Gasteiger partial charge is 0.338 e. The van der Waals surface area contributed by atoms with Crippen molar-refractivity contribution in [3.05, 3.63) is 24.3 Å². The minimum Gasteiger partial charge on any atom is -0.478 e. The summed E-state index contributed by atoms with van der Waals surface area (Å²) in [5.41, 5.74) is -0.220. The van der Waals surface area contributed by atoms with Gasteiger partial charge in [-0.3, -0.25) is 0 Å². The predicted octanol–water partition coefficient (Wildman–Crippen LogP) is 2.45. The summed E-state index contributed by atoms with van der Waals surface area (Å²) in [4.78, 5) is 21.9. The van der Waals surface area contributed by atoms with Gasteiger partial charge in [0.2, 0.25) is 0 Å². The minimum atomic E-state index is -1.11. The zero-order chi connectivity index (χ0) is 12.9. The van der Waals surface area contributed by atoms with Gasteiger partial charge >= 0.3 is 11.9 Å². The normalized spacial score (nSPS) is 16.8. The highest BCUT2D eigenvalue weighted by molar-refractivity contribution is 5.93. The molecule has 0 spiro atoms. The standard InChI is InChI=1S/C13H18O4/c1-3-4-7-13(8-9-13)17-12(16)10(2)5-6-11(14)15/h5-6H,2-4,7-9H2,1H3,(H,14,15). The molecular formula is C13H18O4. The number of esters is 1. The van der Waals surface area contributed by atoms with E-state index in [1.165, 1.54) is 6.08 Å². The maximum atomic E-state index is 11.6. The van der Waals surface area contributed by atoms with Crippen LogP contribution in [0.2, 0.25) is 0 Å². The Bertz CT molecular complexity index is 350. The van der Waals surface area contributed by atoms with Gasteiger partial charge in [-0.25, -0.2) is 9.59 Å². The first-order valence-electron chi connectivity index (χ1n) is 5.82. The molecule has 0 saturated heterocycles. The quantitative estimate of drug-likeness (QED) is 0.420. The molecule has 0 atom stereocenters. The summed E-state index contributed by atoms with van der Waals surface area (Å²) in [7, 11) is 0. The van der Waals surface area contributed by atoms with Gasteiger partial charge in [0.1, 0.15) is 5.60 Å². The second-order valence-electron chi connectivity index (χ2n) is 4.37. The van der Waals surface area contributed by atoms with Crippen LogP contribution in [0.1, 0.15) is 39.0 Å². The zero-order valence-corrected chi connectivity index (χ0v) is 10.1. The van der Waals surface area contributed by atoms with E-state index in [1.807, 2.05) is 0 Å². The summed E-state index contributed by atoms with van der Waals surface area (Å²) < 4.78 is 5.36. The number of rotatable bonds is 7. The molecule has 0 amide bonds. The Balaban J connectivity index is 2.44. The average Bonchev–Trinajstić information content (AvgIpc) is 3.03. The highest BCUT2D eigenvalue weighted by Crippen LogP contribution is 2.44. The van der Waals surface area contributed by atoms with E-state index in [1.54, 1.807) is 0 Å². The van der Waals surface area contributed by atoms with Crippen molar-refractivity contribution in [2.24, 2.45) is 0 Å². The van der Waals surface area contributed by atoms with Gasteiger partial charge in [-0.2, -0.15) is 0 Å².